The molecule has 1 fully saturated rings. The van der Waals surface area contributed by atoms with Gasteiger partial charge in [-0.2, -0.15) is 0 Å². The largest absolute Gasteiger partial charge is 0.369 e. The van der Waals surface area contributed by atoms with Crippen molar-refractivity contribution < 1.29 is 13.9 Å². The number of hydrogen-bond acceptors (Lipinski definition) is 2. The van der Waals surface area contributed by atoms with E-state index in [-0.39, 0.29) is 11.6 Å². The van der Waals surface area contributed by atoms with Crippen molar-refractivity contribution in [3.63, 3.8) is 0 Å². The van der Waals surface area contributed by atoms with E-state index in [1.165, 1.54) is 12.1 Å². The monoisotopic (exact) mass is 222 g/mol. The topological polar surface area (TPSA) is 26.3 Å². The maximum Gasteiger partial charge on any atom is 0.138 e. The minimum absolute atomic E-state index is 0.192. The summed E-state index contributed by atoms with van der Waals surface area (Å²) in [6.45, 7) is 2.40. The quantitative estimate of drug-likeness (QED) is 0.769. The van der Waals surface area contributed by atoms with Crippen LogP contribution in [0.3, 0.4) is 0 Å². The summed E-state index contributed by atoms with van der Waals surface area (Å²) >= 11 is 0. The Bertz CT molecular complexity index is 403. The van der Waals surface area contributed by atoms with Crippen LogP contribution in [0.25, 0.3) is 0 Å². The van der Waals surface area contributed by atoms with E-state index < -0.39 is 5.60 Å². The molecule has 1 aliphatic rings. The smallest absolute Gasteiger partial charge is 0.138 e. The SMILES string of the molecule is CCC1(c2cccc(F)c2)CC(=O)CCO1. The molecule has 0 bridgehead atoms. The Morgan fingerprint density at radius 1 is 1.50 bits per heavy atom. The fraction of sp³-hybridized carbons (Fsp3) is 0.462. The van der Waals surface area contributed by atoms with Crippen LogP contribution in [0.15, 0.2) is 24.3 Å². The highest BCUT2D eigenvalue weighted by Gasteiger charge is 2.37. The average Bonchev–Trinajstić information content (AvgIpc) is 2.29. The van der Waals surface area contributed by atoms with Crippen LogP contribution in [-0.4, -0.2) is 12.4 Å². The predicted molar refractivity (Wildman–Crippen MR) is 58.6 cm³/mol. The maximum atomic E-state index is 13.2. The summed E-state index contributed by atoms with van der Waals surface area (Å²) < 4.78 is 18.9. The Hall–Kier alpha value is -1.22. The van der Waals surface area contributed by atoms with E-state index in [0.29, 0.717) is 25.9 Å². The molecule has 0 amide bonds. The molecule has 1 saturated heterocycles. The second-order valence-corrected chi connectivity index (χ2v) is 4.17. The molecule has 2 rings (SSSR count). The Labute approximate surface area is 94.4 Å². The van der Waals surface area contributed by atoms with Gasteiger partial charge in [0.05, 0.1) is 12.2 Å². The van der Waals surface area contributed by atoms with Crippen molar-refractivity contribution in [3.05, 3.63) is 35.6 Å². The number of rotatable bonds is 2. The molecule has 16 heavy (non-hydrogen) atoms. The van der Waals surface area contributed by atoms with E-state index in [2.05, 4.69) is 0 Å². The minimum Gasteiger partial charge on any atom is -0.369 e. The zero-order valence-electron chi connectivity index (χ0n) is 9.33. The number of carbonyl (C=O) groups is 1. The molecule has 0 N–H and O–H groups in total. The highest BCUT2D eigenvalue weighted by atomic mass is 19.1. The molecule has 1 unspecified atom stereocenters. The fourth-order valence-electron chi connectivity index (χ4n) is 2.21. The Morgan fingerprint density at radius 3 is 2.94 bits per heavy atom. The van der Waals surface area contributed by atoms with Gasteiger partial charge in [0.2, 0.25) is 0 Å². The summed E-state index contributed by atoms with van der Waals surface area (Å²) in [6.07, 6.45) is 1.51. The zero-order valence-corrected chi connectivity index (χ0v) is 9.33. The van der Waals surface area contributed by atoms with Crippen molar-refractivity contribution >= 4 is 5.78 Å². The van der Waals surface area contributed by atoms with E-state index >= 15 is 0 Å². The Balaban J connectivity index is 2.37. The van der Waals surface area contributed by atoms with Crippen molar-refractivity contribution in [1.29, 1.82) is 0 Å². The summed E-state index contributed by atoms with van der Waals surface area (Å²) in [5, 5.41) is 0. The zero-order chi connectivity index (χ0) is 11.6. The number of ketones is 1. The van der Waals surface area contributed by atoms with Crippen molar-refractivity contribution in [2.45, 2.75) is 31.8 Å². The molecule has 1 aromatic carbocycles. The molecule has 1 atom stereocenters. The highest BCUT2D eigenvalue weighted by Crippen LogP contribution is 2.36. The van der Waals surface area contributed by atoms with Gasteiger partial charge in [0.1, 0.15) is 11.6 Å². The van der Waals surface area contributed by atoms with Gasteiger partial charge < -0.3 is 4.74 Å². The molecule has 1 aliphatic heterocycles. The number of halogens is 1. The van der Waals surface area contributed by atoms with Crippen molar-refractivity contribution in [2.75, 3.05) is 6.61 Å². The number of benzene rings is 1. The lowest BCUT2D eigenvalue weighted by atomic mass is 9.84. The Morgan fingerprint density at radius 2 is 2.31 bits per heavy atom. The van der Waals surface area contributed by atoms with Crippen molar-refractivity contribution in [2.24, 2.45) is 0 Å². The first-order chi connectivity index (χ1) is 7.66. The molecule has 0 radical (unpaired) electrons. The summed E-state index contributed by atoms with van der Waals surface area (Å²) in [7, 11) is 0. The lowest BCUT2D eigenvalue weighted by molar-refractivity contribution is -0.142. The molecule has 0 aliphatic carbocycles. The van der Waals surface area contributed by atoms with Crippen LogP contribution >= 0.6 is 0 Å². The van der Waals surface area contributed by atoms with E-state index in [9.17, 15) is 9.18 Å². The molecule has 0 aromatic heterocycles. The first-order valence-electron chi connectivity index (χ1n) is 5.58. The van der Waals surface area contributed by atoms with Crippen LogP contribution in [-0.2, 0) is 15.1 Å². The van der Waals surface area contributed by atoms with Crippen molar-refractivity contribution in [3.8, 4) is 0 Å². The molecular weight excluding hydrogens is 207 g/mol. The number of hydrogen-bond donors (Lipinski definition) is 0. The lowest BCUT2D eigenvalue weighted by Crippen LogP contribution is -2.37. The number of carbonyl (C=O) groups excluding carboxylic acids is 1. The van der Waals surface area contributed by atoms with Crippen LogP contribution in [0.1, 0.15) is 31.7 Å². The predicted octanol–water partition coefficient (Wildman–Crippen LogP) is 2.81. The first kappa shape index (κ1) is 11.3. The van der Waals surface area contributed by atoms with Gasteiger partial charge in [0.25, 0.3) is 0 Å². The lowest BCUT2D eigenvalue weighted by Gasteiger charge is -2.36. The molecule has 1 heterocycles. The van der Waals surface area contributed by atoms with Gasteiger partial charge in [-0.3, -0.25) is 4.79 Å². The molecule has 86 valence electrons. The van der Waals surface area contributed by atoms with E-state index in [1.807, 2.05) is 13.0 Å². The minimum atomic E-state index is -0.614. The van der Waals surface area contributed by atoms with E-state index in [0.717, 1.165) is 5.56 Å². The van der Waals surface area contributed by atoms with Crippen molar-refractivity contribution in [1.82, 2.24) is 0 Å². The average molecular weight is 222 g/mol. The van der Waals surface area contributed by atoms with Crippen LogP contribution < -0.4 is 0 Å². The second-order valence-electron chi connectivity index (χ2n) is 4.17. The van der Waals surface area contributed by atoms with Gasteiger partial charge in [-0.05, 0) is 24.1 Å². The Kier molecular flexibility index (Phi) is 3.06. The number of ether oxygens (including phenoxy) is 1. The van der Waals surface area contributed by atoms with Crippen LogP contribution in [0, 0.1) is 5.82 Å². The van der Waals surface area contributed by atoms with E-state index in [4.69, 9.17) is 4.74 Å². The normalized spacial score (nSPS) is 25.8. The molecule has 1 aromatic rings. The van der Waals surface area contributed by atoms with Gasteiger partial charge in [0, 0.05) is 12.8 Å². The van der Waals surface area contributed by atoms with Gasteiger partial charge in [-0.25, -0.2) is 4.39 Å². The van der Waals surface area contributed by atoms with E-state index in [1.54, 1.807) is 6.07 Å². The third-order valence-corrected chi connectivity index (χ3v) is 3.16. The summed E-state index contributed by atoms with van der Waals surface area (Å²) in [5.74, 6) is -0.0932. The molecule has 0 saturated carbocycles. The van der Waals surface area contributed by atoms with Gasteiger partial charge in [-0.1, -0.05) is 19.1 Å². The molecule has 3 heteroatoms. The third-order valence-electron chi connectivity index (χ3n) is 3.16. The van der Waals surface area contributed by atoms with Gasteiger partial charge in [0.15, 0.2) is 0 Å². The second kappa shape index (κ2) is 4.34. The molecule has 2 nitrogen and oxygen atoms in total. The van der Waals surface area contributed by atoms with Crippen LogP contribution in [0.5, 0.6) is 0 Å². The maximum absolute atomic E-state index is 13.2. The fourth-order valence-corrected chi connectivity index (χ4v) is 2.21. The highest BCUT2D eigenvalue weighted by molar-refractivity contribution is 5.80. The van der Waals surface area contributed by atoms with Gasteiger partial charge in [-0.15, -0.1) is 0 Å². The van der Waals surface area contributed by atoms with Gasteiger partial charge >= 0.3 is 0 Å². The standard InChI is InChI=1S/C13H15FO2/c1-2-13(9-12(15)6-7-16-13)10-4-3-5-11(14)8-10/h3-5,8H,2,6-7,9H2,1H3. The number of Topliss-reactive ketones (excluding diaryl/α,β-unsaturated/α-hetero) is 1. The van der Waals surface area contributed by atoms with Crippen LogP contribution in [0.4, 0.5) is 4.39 Å². The third kappa shape index (κ3) is 2.00. The summed E-state index contributed by atoms with van der Waals surface area (Å²) in [5.41, 5.74) is 0.153. The summed E-state index contributed by atoms with van der Waals surface area (Å²) in [6, 6.07) is 6.34. The molecule has 0 spiro atoms. The first-order valence-corrected chi connectivity index (χ1v) is 5.58. The molecular formula is C13H15FO2. The van der Waals surface area contributed by atoms with Crippen LogP contribution in [0.2, 0.25) is 0 Å². The summed E-state index contributed by atoms with van der Waals surface area (Å²) in [4.78, 5) is 11.5.